The van der Waals surface area contributed by atoms with Crippen molar-refractivity contribution in [2.75, 3.05) is 0 Å². The third kappa shape index (κ3) is 3.91. The van der Waals surface area contributed by atoms with Crippen molar-refractivity contribution in [3.63, 3.8) is 0 Å². The van der Waals surface area contributed by atoms with Crippen molar-refractivity contribution in [3.8, 4) is 0 Å². The Hall–Kier alpha value is -1.26. The van der Waals surface area contributed by atoms with Crippen molar-refractivity contribution in [3.05, 3.63) is 33.8 Å². The lowest BCUT2D eigenvalue weighted by Gasteiger charge is -2.12. The van der Waals surface area contributed by atoms with Gasteiger partial charge in [-0.2, -0.15) is 0 Å². The lowest BCUT2D eigenvalue weighted by molar-refractivity contribution is -0.139. The van der Waals surface area contributed by atoms with Gasteiger partial charge in [-0.1, -0.05) is 30.1 Å². The second-order valence-corrected chi connectivity index (χ2v) is 4.30. The average Bonchev–Trinajstić information content (AvgIpc) is 2.23. The average molecular weight is 276 g/mol. The number of carboxylic acids is 1. The molecular formula is C11H11Cl2NO3. The first-order valence-electron chi connectivity index (χ1n) is 4.93. The van der Waals surface area contributed by atoms with E-state index < -0.39 is 17.9 Å². The van der Waals surface area contributed by atoms with E-state index in [1.165, 1.54) is 18.2 Å². The highest BCUT2D eigenvalue weighted by atomic mass is 35.5. The fraction of sp³-hybridized carbons (Fsp3) is 0.273. The Balaban J connectivity index is 2.86. The number of rotatable bonds is 4. The molecular weight excluding hydrogens is 265 g/mol. The van der Waals surface area contributed by atoms with Gasteiger partial charge in [-0.3, -0.25) is 4.79 Å². The monoisotopic (exact) mass is 275 g/mol. The van der Waals surface area contributed by atoms with E-state index in [1.807, 2.05) is 0 Å². The van der Waals surface area contributed by atoms with Gasteiger partial charge in [-0.05, 0) is 24.6 Å². The van der Waals surface area contributed by atoms with Crippen molar-refractivity contribution in [2.24, 2.45) is 0 Å². The predicted octanol–water partition coefficient (Wildman–Crippen LogP) is 2.59. The first kappa shape index (κ1) is 13.8. The van der Waals surface area contributed by atoms with Crippen molar-refractivity contribution in [1.82, 2.24) is 5.32 Å². The van der Waals surface area contributed by atoms with Crippen LogP contribution in [0.2, 0.25) is 10.0 Å². The summed E-state index contributed by atoms with van der Waals surface area (Å²) >= 11 is 11.5. The molecule has 0 aliphatic carbocycles. The molecule has 0 heterocycles. The molecule has 0 aliphatic heterocycles. The smallest absolute Gasteiger partial charge is 0.326 e. The van der Waals surface area contributed by atoms with E-state index in [4.69, 9.17) is 28.3 Å². The Morgan fingerprint density at radius 1 is 1.29 bits per heavy atom. The highest BCUT2D eigenvalue weighted by Gasteiger charge is 2.18. The molecule has 0 bridgehead atoms. The number of carbonyl (C=O) groups excluding carboxylic acids is 1. The van der Waals surface area contributed by atoms with Crippen LogP contribution < -0.4 is 5.32 Å². The largest absolute Gasteiger partial charge is 0.480 e. The van der Waals surface area contributed by atoms with Crippen LogP contribution in [0.15, 0.2) is 18.2 Å². The zero-order chi connectivity index (χ0) is 13.0. The zero-order valence-corrected chi connectivity index (χ0v) is 10.5. The van der Waals surface area contributed by atoms with E-state index in [0.29, 0.717) is 16.5 Å². The maximum absolute atomic E-state index is 11.7. The predicted molar refractivity (Wildman–Crippen MR) is 65.6 cm³/mol. The van der Waals surface area contributed by atoms with E-state index >= 15 is 0 Å². The molecule has 0 saturated carbocycles. The second-order valence-electron chi connectivity index (χ2n) is 3.43. The number of halogens is 2. The van der Waals surface area contributed by atoms with Crippen molar-refractivity contribution < 1.29 is 14.7 Å². The summed E-state index contributed by atoms with van der Waals surface area (Å²) in [5.74, 6) is -1.59. The van der Waals surface area contributed by atoms with Gasteiger partial charge in [0.05, 0.1) is 0 Å². The highest BCUT2D eigenvalue weighted by molar-refractivity contribution is 6.35. The molecule has 0 aromatic heterocycles. The van der Waals surface area contributed by atoms with Gasteiger partial charge in [0.25, 0.3) is 5.91 Å². The Labute approximate surface area is 109 Å². The molecule has 0 radical (unpaired) electrons. The number of amides is 1. The van der Waals surface area contributed by atoms with Crippen molar-refractivity contribution >= 4 is 35.1 Å². The van der Waals surface area contributed by atoms with Crippen LogP contribution in [-0.2, 0) is 4.79 Å². The Bertz CT molecular complexity index is 428. The third-order valence-corrected chi connectivity index (χ3v) is 2.57. The minimum atomic E-state index is -1.08. The number of carboxylic acid groups (broad SMARTS) is 1. The normalized spacial score (nSPS) is 11.9. The van der Waals surface area contributed by atoms with Gasteiger partial charge in [0.1, 0.15) is 6.04 Å². The number of hydrogen-bond donors (Lipinski definition) is 2. The fourth-order valence-electron chi connectivity index (χ4n) is 1.26. The van der Waals surface area contributed by atoms with Crippen LogP contribution in [-0.4, -0.2) is 23.0 Å². The van der Waals surface area contributed by atoms with Crippen molar-refractivity contribution in [1.29, 1.82) is 0 Å². The molecule has 1 unspecified atom stereocenters. The standard InChI is InChI=1S/C11H11Cl2NO3/c1-2-9(11(16)17)14-10(15)6-3-7(12)5-8(13)4-6/h3-5,9H,2H2,1H3,(H,14,15)(H,16,17). The third-order valence-electron chi connectivity index (χ3n) is 2.14. The van der Waals surface area contributed by atoms with E-state index in [9.17, 15) is 9.59 Å². The van der Waals surface area contributed by atoms with Gasteiger partial charge >= 0.3 is 5.97 Å². The summed E-state index contributed by atoms with van der Waals surface area (Å²) in [6.07, 6.45) is 0.301. The molecule has 0 saturated heterocycles. The topological polar surface area (TPSA) is 66.4 Å². The van der Waals surface area contributed by atoms with Crippen LogP contribution in [0.3, 0.4) is 0 Å². The summed E-state index contributed by atoms with van der Waals surface area (Å²) in [5.41, 5.74) is 0.238. The zero-order valence-electron chi connectivity index (χ0n) is 9.04. The molecule has 1 amide bonds. The molecule has 0 spiro atoms. The summed E-state index contributed by atoms with van der Waals surface area (Å²) in [5, 5.41) is 11.8. The van der Waals surface area contributed by atoms with Crippen LogP contribution in [0.25, 0.3) is 0 Å². The van der Waals surface area contributed by atoms with Gasteiger partial charge in [-0.15, -0.1) is 0 Å². The van der Waals surface area contributed by atoms with Gasteiger partial charge in [0.2, 0.25) is 0 Å². The van der Waals surface area contributed by atoms with Crippen LogP contribution in [0.1, 0.15) is 23.7 Å². The van der Waals surface area contributed by atoms with Gasteiger partial charge < -0.3 is 10.4 Å². The SMILES string of the molecule is CCC(NC(=O)c1cc(Cl)cc(Cl)c1)C(=O)O. The van der Waals surface area contributed by atoms with Crippen LogP contribution in [0.5, 0.6) is 0 Å². The summed E-state index contributed by atoms with van der Waals surface area (Å²) < 4.78 is 0. The molecule has 17 heavy (non-hydrogen) atoms. The number of nitrogens with one attached hydrogen (secondary N) is 1. The summed E-state index contributed by atoms with van der Waals surface area (Å²) in [4.78, 5) is 22.5. The van der Waals surface area contributed by atoms with Gasteiger partial charge in [-0.25, -0.2) is 4.79 Å². The molecule has 0 fully saturated rings. The number of aliphatic carboxylic acids is 1. The number of benzene rings is 1. The van der Waals surface area contributed by atoms with Crippen LogP contribution >= 0.6 is 23.2 Å². The quantitative estimate of drug-likeness (QED) is 0.888. The summed E-state index contributed by atoms with van der Waals surface area (Å²) in [7, 11) is 0. The number of hydrogen-bond acceptors (Lipinski definition) is 2. The van der Waals surface area contributed by atoms with Gasteiger partial charge in [0, 0.05) is 15.6 Å². The Morgan fingerprint density at radius 3 is 2.24 bits per heavy atom. The minimum Gasteiger partial charge on any atom is -0.480 e. The summed E-state index contributed by atoms with van der Waals surface area (Å²) in [6, 6.07) is 3.43. The second kappa shape index (κ2) is 5.89. The molecule has 2 N–H and O–H groups in total. The van der Waals surface area contributed by atoms with E-state index in [0.717, 1.165) is 0 Å². The Morgan fingerprint density at radius 2 is 1.82 bits per heavy atom. The van der Waals surface area contributed by atoms with E-state index in [2.05, 4.69) is 5.32 Å². The highest BCUT2D eigenvalue weighted by Crippen LogP contribution is 2.19. The Kier molecular flexibility index (Phi) is 4.78. The molecule has 1 aromatic rings. The summed E-state index contributed by atoms with van der Waals surface area (Å²) in [6.45, 7) is 1.67. The number of carbonyl (C=O) groups is 2. The molecule has 1 atom stereocenters. The first-order chi connectivity index (χ1) is 7.93. The molecule has 0 aliphatic rings. The lowest BCUT2D eigenvalue weighted by Crippen LogP contribution is -2.40. The maximum atomic E-state index is 11.7. The lowest BCUT2D eigenvalue weighted by atomic mass is 10.1. The maximum Gasteiger partial charge on any atom is 0.326 e. The first-order valence-corrected chi connectivity index (χ1v) is 5.69. The molecule has 1 rings (SSSR count). The van der Waals surface area contributed by atoms with Gasteiger partial charge in [0.15, 0.2) is 0 Å². The molecule has 92 valence electrons. The van der Waals surface area contributed by atoms with Crippen LogP contribution in [0.4, 0.5) is 0 Å². The molecule has 1 aromatic carbocycles. The van der Waals surface area contributed by atoms with Crippen molar-refractivity contribution in [2.45, 2.75) is 19.4 Å². The van der Waals surface area contributed by atoms with E-state index in [-0.39, 0.29) is 5.56 Å². The van der Waals surface area contributed by atoms with E-state index in [1.54, 1.807) is 6.92 Å². The molecule has 4 nitrogen and oxygen atoms in total. The fourth-order valence-corrected chi connectivity index (χ4v) is 1.79. The minimum absolute atomic E-state index is 0.238. The molecule has 6 heteroatoms. The van der Waals surface area contributed by atoms with Crippen LogP contribution in [0, 0.1) is 0 Å².